The topological polar surface area (TPSA) is 271 Å². The summed E-state index contributed by atoms with van der Waals surface area (Å²) in [5.41, 5.74) is 1.32. The number of rotatable bonds is 12. The Labute approximate surface area is 417 Å². The number of hydrogen-bond donors (Lipinski definition) is 1. The van der Waals surface area contributed by atoms with Crippen molar-refractivity contribution >= 4 is 48.3 Å². The van der Waals surface area contributed by atoms with Crippen molar-refractivity contribution in [1.29, 1.82) is 0 Å². The second-order valence-electron chi connectivity index (χ2n) is 21.5. The molecule has 0 bridgehead atoms. The molecule has 1 N–H and O–H groups in total. The van der Waals surface area contributed by atoms with E-state index in [1.165, 1.54) is 36.4 Å². The molecule has 0 aromatic heterocycles. The molecule has 0 radical (unpaired) electrons. The van der Waals surface area contributed by atoms with E-state index in [0.717, 1.165) is 16.7 Å². The van der Waals surface area contributed by atoms with Crippen LogP contribution >= 0.6 is 0 Å². The molecule has 0 amide bonds. The third kappa shape index (κ3) is 18.6. The van der Waals surface area contributed by atoms with Gasteiger partial charge >= 0.3 is 33.7 Å². The number of halogens is 6. The Bertz CT molecular complexity index is 2710. The average molecular weight is 1090 g/mol. The molecule has 0 unspecified atom stereocenters. The van der Waals surface area contributed by atoms with Crippen LogP contribution in [-0.4, -0.2) is 97.5 Å². The lowest BCUT2D eigenvalue weighted by Gasteiger charge is -2.28. The fourth-order valence-electron chi connectivity index (χ4n) is 5.53. The van der Waals surface area contributed by atoms with Gasteiger partial charge in [0.05, 0.1) is 16.7 Å². The van der Waals surface area contributed by atoms with E-state index in [4.69, 9.17) is 0 Å². The third-order valence-corrected chi connectivity index (χ3v) is 12.6. The molecule has 0 aliphatic heterocycles. The Morgan fingerprint density at radius 3 is 0.903 bits per heavy atom. The minimum atomic E-state index is -5.95. The Kier molecular flexibility index (Phi) is 20.2. The molecule has 408 valence electrons. The summed E-state index contributed by atoms with van der Waals surface area (Å²) in [6.07, 6.45) is 0. The number of ether oxygens (including phenoxy) is 3. The van der Waals surface area contributed by atoms with E-state index >= 15 is 0 Å². The summed E-state index contributed by atoms with van der Waals surface area (Å²) in [5, 5.41) is -3.50. The maximum Gasteiger partial charge on any atom is 0.367 e. The number of esters is 3. The molecule has 0 atom stereocenters. The molecule has 0 fully saturated rings. The van der Waals surface area contributed by atoms with Crippen molar-refractivity contribution in [2.75, 3.05) is 19.8 Å². The van der Waals surface area contributed by atoms with Gasteiger partial charge in [-0.25, -0.2) is 39.6 Å². The maximum atomic E-state index is 13.2. The highest BCUT2D eigenvalue weighted by Gasteiger charge is 2.42. The van der Waals surface area contributed by atoms with Gasteiger partial charge < -0.3 is 33.0 Å². The lowest BCUT2D eigenvalue weighted by Crippen LogP contribution is -2.34. The maximum absolute atomic E-state index is 13.2. The summed E-state index contributed by atoms with van der Waals surface area (Å²) in [6, 6.07) is 13.6. The van der Waals surface area contributed by atoms with Crippen molar-refractivity contribution in [2.45, 2.75) is 147 Å². The second kappa shape index (κ2) is 22.3. The lowest BCUT2D eigenvalue weighted by atomic mass is 9.78. The number of hydrogen-bond acceptors (Lipinski definition) is 16. The molecular weight excluding hydrogens is 1030 g/mol. The van der Waals surface area contributed by atoms with Crippen molar-refractivity contribution in [3.05, 3.63) is 99.1 Å². The SMILES string of the molecule is CC(C)(C)c1cc(C(=O)OCC(F)(F)S(=O)(=O)[O-])cc(C(C)(C)C)c1.CC(C)(C)c1cc(C(=O)OCC(F)(F)S(=O)(=O)[O-])cc(C(C)(C)C)c1O.CC(C)(C)c1ccc(C(=O)OCC(F)(F)S(=O)(=O)[O-])cc1. The zero-order chi connectivity index (χ0) is 57.0. The van der Waals surface area contributed by atoms with E-state index in [2.05, 4.69) is 14.2 Å². The largest absolute Gasteiger partial charge is 0.743 e. The first-order chi connectivity index (χ1) is 31.7. The molecule has 0 spiro atoms. The number of phenols is 1. The van der Waals surface area contributed by atoms with Crippen LogP contribution < -0.4 is 0 Å². The number of alkyl halides is 6. The minimum Gasteiger partial charge on any atom is -0.743 e. The first-order valence-electron chi connectivity index (χ1n) is 21.3. The standard InChI is InChI=1S/C17H24F2O6S.C17H24F2O5S.C13H16F2O5S/c1-15(2,3)11-7-10(8-12(13(11)20)16(4,5)6)14(21)25-9-17(18,19)26(22,23)24;1-15(2,3)12-7-11(8-13(9-12)16(4,5)6)14(20)24-10-17(18,19)25(21,22)23;1-12(2,3)10-6-4-9(5-7-10)11(16)20-8-13(14,15)21(17,18)19/h7-8,20H,9H2,1-6H3,(H,22,23,24);7-9H,10H2,1-6H3,(H,21,22,23);4-7H,8H2,1-3H3,(H,17,18,19)/p-3. The van der Waals surface area contributed by atoms with Gasteiger partial charge in [0.1, 0.15) is 5.75 Å². The molecule has 3 aromatic rings. The third-order valence-electron chi connectivity index (χ3n) is 10.1. The predicted octanol–water partition coefficient (Wildman–Crippen LogP) is 9.14. The zero-order valence-corrected chi connectivity index (χ0v) is 44.8. The Morgan fingerprint density at radius 1 is 0.417 bits per heavy atom. The number of phenolic OH excluding ortho intramolecular Hbond substituents is 1. The van der Waals surface area contributed by atoms with Gasteiger partial charge in [0.25, 0.3) is 0 Å². The summed E-state index contributed by atoms with van der Waals surface area (Å²) in [6.45, 7) is 22.7. The van der Waals surface area contributed by atoms with E-state index in [9.17, 15) is 84.7 Å². The summed E-state index contributed by atoms with van der Waals surface area (Å²) < 4.78 is 185. The van der Waals surface area contributed by atoms with Crippen LogP contribution in [0.1, 0.15) is 163 Å². The molecule has 3 aromatic carbocycles. The number of carbonyl (C=O) groups is 3. The van der Waals surface area contributed by atoms with Gasteiger partial charge in [-0.3, -0.25) is 0 Å². The molecule has 0 aliphatic rings. The van der Waals surface area contributed by atoms with Crippen molar-refractivity contribution in [2.24, 2.45) is 0 Å². The van der Waals surface area contributed by atoms with Crippen molar-refractivity contribution in [1.82, 2.24) is 0 Å². The number of carbonyl (C=O) groups excluding carboxylic acids is 3. The van der Waals surface area contributed by atoms with E-state index in [0.29, 0.717) is 11.1 Å². The Balaban J connectivity index is 0.000000543. The van der Waals surface area contributed by atoms with Gasteiger partial charge in [0, 0.05) is 11.1 Å². The molecule has 72 heavy (non-hydrogen) atoms. The second-order valence-corrected chi connectivity index (χ2v) is 26.1. The molecule has 0 saturated heterocycles. The smallest absolute Gasteiger partial charge is 0.367 e. The van der Waals surface area contributed by atoms with E-state index in [1.54, 1.807) is 53.7 Å². The van der Waals surface area contributed by atoms with Crippen molar-refractivity contribution in [3.8, 4) is 5.75 Å². The first-order valence-corrected chi connectivity index (χ1v) is 25.6. The molecule has 0 aliphatic carbocycles. The Morgan fingerprint density at radius 2 is 0.667 bits per heavy atom. The summed E-state index contributed by atoms with van der Waals surface area (Å²) in [7, 11) is -17.7. The van der Waals surface area contributed by atoms with Gasteiger partial charge in [0.15, 0.2) is 50.2 Å². The Hall–Kier alpha value is -4.82. The van der Waals surface area contributed by atoms with Crippen LogP contribution in [0.15, 0.2) is 54.6 Å². The van der Waals surface area contributed by atoms with Crippen LogP contribution in [-0.2, 0) is 71.6 Å². The van der Waals surface area contributed by atoms with Crippen LogP contribution in [0.5, 0.6) is 5.75 Å². The fourth-order valence-corrected chi connectivity index (χ4v) is 6.14. The molecular formula is C47H61F6O16S3-3. The van der Waals surface area contributed by atoms with E-state index < -0.39 is 94.7 Å². The highest BCUT2D eigenvalue weighted by Crippen LogP contribution is 2.40. The molecule has 16 nitrogen and oxygen atoms in total. The summed E-state index contributed by atoms with van der Waals surface area (Å²) >= 11 is 0. The number of aromatic hydroxyl groups is 1. The minimum absolute atomic E-state index is 0.0119. The van der Waals surface area contributed by atoms with Crippen molar-refractivity contribution < 1.29 is 99.0 Å². The van der Waals surface area contributed by atoms with Gasteiger partial charge in [-0.15, -0.1) is 0 Å². The predicted molar refractivity (Wildman–Crippen MR) is 249 cm³/mol. The van der Waals surface area contributed by atoms with E-state index in [1.807, 2.05) is 68.4 Å². The van der Waals surface area contributed by atoms with E-state index in [-0.39, 0.29) is 38.7 Å². The zero-order valence-electron chi connectivity index (χ0n) is 42.4. The average Bonchev–Trinajstić information content (AvgIpc) is 3.18. The monoisotopic (exact) mass is 1090 g/mol. The van der Waals surface area contributed by atoms with Gasteiger partial charge in [-0.1, -0.05) is 122 Å². The highest BCUT2D eigenvalue weighted by atomic mass is 32.2. The van der Waals surface area contributed by atoms with Gasteiger partial charge in [-0.05, 0) is 80.2 Å². The summed E-state index contributed by atoms with van der Waals surface area (Å²) in [4.78, 5) is 35.8. The normalized spacial score (nSPS) is 13.4. The quantitative estimate of drug-likeness (QED) is 0.0766. The van der Waals surface area contributed by atoms with Gasteiger partial charge in [0.2, 0.25) is 0 Å². The molecule has 0 saturated carbocycles. The van der Waals surface area contributed by atoms with Crippen LogP contribution in [0.3, 0.4) is 0 Å². The molecule has 25 heteroatoms. The first kappa shape index (κ1) is 65.2. The van der Waals surface area contributed by atoms with Crippen LogP contribution in [0.25, 0.3) is 0 Å². The molecule has 0 heterocycles. The lowest BCUT2D eigenvalue weighted by molar-refractivity contribution is -0.0101. The van der Waals surface area contributed by atoms with Crippen LogP contribution in [0.4, 0.5) is 26.3 Å². The van der Waals surface area contributed by atoms with Crippen molar-refractivity contribution in [3.63, 3.8) is 0 Å². The summed E-state index contributed by atoms with van der Waals surface area (Å²) in [5.74, 6) is -3.47. The van der Waals surface area contributed by atoms with Crippen LogP contribution in [0, 0.1) is 0 Å². The highest BCUT2D eigenvalue weighted by molar-refractivity contribution is 7.87. The number of benzene rings is 3. The fraction of sp³-hybridized carbons (Fsp3) is 0.553. The van der Waals surface area contributed by atoms with Crippen LogP contribution in [0.2, 0.25) is 0 Å². The molecule has 3 rings (SSSR count). The van der Waals surface area contributed by atoms with Gasteiger partial charge in [-0.2, -0.15) is 26.3 Å².